The molecule has 7 heteroatoms. The van der Waals surface area contributed by atoms with E-state index in [0.717, 1.165) is 42.4 Å². The number of carbonyl (C=O) groups is 2. The molecule has 0 unspecified atom stereocenters. The predicted molar refractivity (Wildman–Crippen MR) is 87.4 cm³/mol. The Kier molecular flexibility index (Phi) is 4.57. The predicted octanol–water partition coefficient (Wildman–Crippen LogP) is 3.51. The highest BCUT2D eigenvalue weighted by atomic mass is 19.1. The average molecular weight is 348 g/mol. The molecule has 1 aromatic carbocycles. The molecule has 0 atom stereocenters. The Bertz CT molecular complexity index is 841. The molecule has 3 rings (SSSR count). The van der Waals surface area contributed by atoms with Crippen LogP contribution in [-0.4, -0.2) is 23.1 Å². The number of hydrogen-bond acceptors (Lipinski definition) is 3. The van der Waals surface area contributed by atoms with Crippen molar-refractivity contribution < 1.29 is 23.1 Å². The summed E-state index contributed by atoms with van der Waals surface area (Å²) in [5, 5.41) is 2.18. The zero-order valence-corrected chi connectivity index (χ0v) is 13.9. The van der Waals surface area contributed by atoms with Crippen molar-refractivity contribution >= 4 is 17.6 Å². The molecule has 0 spiro atoms. The lowest BCUT2D eigenvalue weighted by atomic mass is 10.2. The maximum absolute atomic E-state index is 13.5. The second-order valence-corrected chi connectivity index (χ2v) is 6.13. The molecule has 5 nitrogen and oxygen atoms in total. The molecule has 1 aliphatic rings. The summed E-state index contributed by atoms with van der Waals surface area (Å²) >= 11 is 0. The summed E-state index contributed by atoms with van der Waals surface area (Å²) in [6, 6.07) is 4.88. The monoisotopic (exact) mass is 348 g/mol. The summed E-state index contributed by atoms with van der Waals surface area (Å²) in [5.41, 5.74) is 1.89. The first-order valence-corrected chi connectivity index (χ1v) is 7.97. The fourth-order valence-electron chi connectivity index (χ4n) is 2.87. The van der Waals surface area contributed by atoms with Crippen LogP contribution < -0.4 is 5.32 Å². The summed E-state index contributed by atoms with van der Waals surface area (Å²) in [6.45, 7) is 3.17. The number of nitrogens with zero attached hydrogens (tertiary/aromatic N) is 1. The fraction of sp³-hybridized carbons (Fsp3) is 0.333. The van der Waals surface area contributed by atoms with Gasteiger partial charge < -0.3 is 14.6 Å². The highest BCUT2D eigenvalue weighted by Crippen LogP contribution is 2.38. The number of aromatic nitrogens is 1. The molecule has 0 aliphatic heterocycles. The minimum absolute atomic E-state index is 0.298. The van der Waals surface area contributed by atoms with Crippen molar-refractivity contribution in [3.05, 3.63) is 52.9 Å². The van der Waals surface area contributed by atoms with Crippen LogP contribution in [0.5, 0.6) is 0 Å². The van der Waals surface area contributed by atoms with Gasteiger partial charge in [0.2, 0.25) is 0 Å². The van der Waals surface area contributed by atoms with Crippen molar-refractivity contribution in [3.63, 3.8) is 0 Å². The van der Waals surface area contributed by atoms with Crippen molar-refractivity contribution in [2.24, 2.45) is 0 Å². The second kappa shape index (κ2) is 6.66. The van der Waals surface area contributed by atoms with Gasteiger partial charge in [0.25, 0.3) is 5.91 Å². The topological polar surface area (TPSA) is 60.3 Å². The molecular weight excluding hydrogens is 330 g/mol. The van der Waals surface area contributed by atoms with Crippen LogP contribution in [0.3, 0.4) is 0 Å². The third-order valence-electron chi connectivity index (χ3n) is 4.15. The van der Waals surface area contributed by atoms with E-state index in [1.54, 1.807) is 6.07 Å². The lowest BCUT2D eigenvalue weighted by Crippen LogP contribution is -2.21. The Balaban J connectivity index is 1.61. The van der Waals surface area contributed by atoms with Crippen molar-refractivity contribution in [2.45, 2.75) is 32.7 Å². The Morgan fingerprint density at radius 3 is 2.64 bits per heavy atom. The SMILES string of the molecule is Cc1cc(C(=O)OCC(=O)Nc2cc(F)ccc2F)c(C)n1C1CC1. The van der Waals surface area contributed by atoms with E-state index in [-0.39, 0.29) is 5.69 Å². The number of esters is 1. The van der Waals surface area contributed by atoms with E-state index < -0.39 is 30.1 Å². The van der Waals surface area contributed by atoms with Crippen LogP contribution in [0, 0.1) is 25.5 Å². The number of benzene rings is 1. The van der Waals surface area contributed by atoms with Gasteiger partial charge in [0.1, 0.15) is 11.6 Å². The van der Waals surface area contributed by atoms with Crippen LogP contribution >= 0.6 is 0 Å². The second-order valence-electron chi connectivity index (χ2n) is 6.13. The van der Waals surface area contributed by atoms with E-state index in [2.05, 4.69) is 9.88 Å². The van der Waals surface area contributed by atoms with Gasteiger partial charge in [0.05, 0.1) is 11.3 Å². The number of amides is 1. The molecule has 1 N–H and O–H groups in total. The molecule has 132 valence electrons. The standard InChI is InChI=1S/C18H18F2N2O3/c1-10-7-14(11(2)22(10)13-4-5-13)18(24)25-9-17(23)21-16-8-12(19)3-6-15(16)20/h3,6-8,13H,4-5,9H2,1-2H3,(H,21,23). The Hall–Kier alpha value is -2.70. The highest BCUT2D eigenvalue weighted by Gasteiger charge is 2.28. The fourth-order valence-corrected chi connectivity index (χ4v) is 2.87. The van der Waals surface area contributed by atoms with Crippen molar-refractivity contribution in [2.75, 3.05) is 11.9 Å². The molecule has 1 aliphatic carbocycles. The maximum atomic E-state index is 13.5. The van der Waals surface area contributed by atoms with Crippen LogP contribution in [-0.2, 0) is 9.53 Å². The molecule has 25 heavy (non-hydrogen) atoms. The number of aryl methyl sites for hydroxylation is 1. The molecule has 0 saturated heterocycles. The lowest BCUT2D eigenvalue weighted by molar-refractivity contribution is -0.119. The summed E-state index contributed by atoms with van der Waals surface area (Å²) in [6.07, 6.45) is 2.18. The van der Waals surface area contributed by atoms with E-state index in [1.807, 2.05) is 13.8 Å². The van der Waals surface area contributed by atoms with Gasteiger partial charge in [-0.25, -0.2) is 13.6 Å². The number of hydrogen-bond donors (Lipinski definition) is 1. The summed E-state index contributed by atoms with van der Waals surface area (Å²) in [7, 11) is 0. The van der Waals surface area contributed by atoms with Crippen LogP contribution in [0.4, 0.5) is 14.5 Å². The van der Waals surface area contributed by atoms with Crippen LogP contribution in [0.15, 0.2) is 24.3 Å². The summed E-state index contributed by atoms with van der Waals surface area (Å²) < 4.78 is 33.7. The molecule has 2 aromatic rings. The third-order valence-corrected chi connectivity index (χ3v) is 4.15. The first-order valence-electron chi connectivity index (χ1n) is 7.97. The van der Waals surface area contributed by atoms with Gasteiger partial charge in [-0.1, -0.05) is 0 Å². The number of anilines is 1. The van der Waals surface area contributed by atoms with E-state index in [0.29, 0.717) is 11.6 Å². The van der Waals surface area contributed by atoms with Gasteiger partial charge in [-0.2, -0.15) is 0 Å². The Morgan fingerprint density at radius 2 is 1.96 bits per heavy atom. The van der Waals surface area contributed by atoms with Gasteiger partial charge in [0.15, 0.2) is 6.61 Å². The zero-order valence-electron chi connectivity index (χ0n) is 13.9. The molecular formula is C18H18F2N2O3. The number of rotatable bonds is 5. The highest BCUT2D eigenvalue weighted by molar-refractivity contribution is 5.96. The van der Waals surface area contributed by atoms with Crippen molar-refractivity contribution in [1.29, 1.82) is 0 Å². The first-order chi connectivity index (χ1) is 11.9. The van der Waals surface area contributed by atoms with E-state index in [9.17, 15) is 18.4 Å². The molecule has 1 heterocycles. The first kappa shape index (κ1) is 17.1. The zero-order chi connectivity index (χ0) is 18.1. The smallest absolute Gasteiger partial charge is 0.340 e. The van der Waals surface area contributed by atoms with E-state index >= 15 is 0 Å². The van der Waals surface area contributed by atoms with Crippen molar-refractivity contribution in [1.82, 2.24) is 4.57 Å². The molecule has 1 aromatic heterocycles. The molecule has 1 saturated carbocycles. The number of carbonyl (C=O) groups excluding carboxylic acids is 2. The van der Waals surface area contributed by atoms with Gasteiger partial charge in [-0.15, -0.1) is 0 Å². The van der Waals surface area contributed by atoms with Crippen LogP contribution in [0.2, 0.25) is 0 Å². The van der Waals surface area contributed by atoms with E-state index in [1.165, 1.54) is 0 Å². The number of nitrogens with one attached hydrogen (secondary N) is 1. The minimum atomic E-state index is -0.769. The molecule has 1 amide bonds. The number of ether oxygens (including phenoxy) is 1. The van der Waals surface area contributed by atoms with Gasteiger partial charge in [-0.3, -0.25) is 4.79 Å². The summed E-state index contributed by atoms with van der Waals surface area (Å²) in [5.74, 6) is -2.81. The van der Waals surface area contributed by atoms with Gasteiger partial charge in [0, 0.05) is 23.5 Å². The Labute approximate surface area is 143 Å². The molecule has 0 bridgehead atoms. The quantitative estimate of drug-likeness (QED) is 0.841. The largest absolute Gasteiger partial charge is 0.452 e. The van der Waals surface area contributed by atoms with Crippen LogP contribution in [0.25, 0.3) is 0 Å². The number of halogens is 2. The average Bonchev–Trinajstić information content (AvgIpc) is 3.34. The van der Waals surface area contributed by atoms with Crippen molar-refractivity contribution in [3.8, 4) is 0 Å². The third kappa shape index (κ3) is 3.70. The molecule has 1 fully saturated rings. The van der Waals surface area contributed by atoms with Crippen LogP contribution in [0.1, 0.15) is 40.6 Å². The Morgan fingerprint density at radius 1 is 1.24 bits per heavy atom. The lowest BCUT2D eigenvalue weighted by Gasteiger charge is -2.09. The maximum Gasteiger partial charge on any atom is 0.340 e. The van der Waals surface area contributed by atoms with E-state index in [4.69, 9.17) is 4.74 Å². The molecule has 0 radical (unpaired) electrons. The van der Waals surface area contributed by atoms with Gasteiger partial charge in [-0.05, 0) is 44.9 Å². The minimum Gasteiger partial charge on any atom is -0.452 e. The normalized spacial score (nSPS) is 13.6. The summed E-state index contributed by atoms with van der Waals surface area (Å²) in [4.78, 5) is 24.0. The van der Waals surface area contributed by atoms with Gasteiger partial charge >= 0.3 is 5.97 Å².